The van der Waals surface area contributed by atoms with Gasteiger partial charge in [0.05, 0.1) is 11.0 Å². The van der Waals surface area contributed by atoms with E-state index in [4.69, 9.17) is 5.26 Å². The van der Waals surface area contributed by atoms with Crippen LogP contribution in [0.1, 0.15) is 12.0 Å². The van der Waals surface area contributed by atoms with Crippen molar-refractivity contribution < 1.29 is 22.9 Å². The van der Waals surface area contributed by atoms with Crippen LogP contribution in [-0.2, 0) is 11.0 Å². The quantitative estimate of drug-likeness (QED) is 0.675. The van der Waals surface area contributed by atoms with Crippen molar-refractivity contribution in [2.45, 2.75) is 12.6 Å². The molecule has 0 atom stereocenters. The number of nitrogens with zero attached hydrogens (tertiary/aromatic N) is 2. The van der Waals surface area contributed by atoms with E-state index in [9.17, 15) is 28.1 Å². The van der Waals surface area contributed by atoms with Gasteiger partial charge in [-0.05, 0) is 12.1 Å². The highest BCUT2D eigenvalue weighted by Crippen LogP contribution is 2.37. The molecule has 1 amide bonds. The first-order chi connectivity index (χ1) is 8.75. The summed E-state index contributed by atoms with van der Waals surface area (Å²) >= 11 is 0. The highest BCUT2D eigenvalue weighted by Gasteiger charge is 2.38. The van der Waals surface area contributed by atoms with Crippen molar-refractivity contribution in [1.82, 2.24) is 0 Å². The molecule has 0 heterocycles. The summed E-state index contributed by atoms with van der Waals surface area (Å²) in [5.74, 6) is -0.801. The second-order valence-electron chi connectivity index (χ2n) is 3.37. The molecule has 0 aliphatic heterocycles. The molecule has 0 radical (unpaired) electrons. The van der Waals surface area contributed by atoms with E-state index >= 15 is 0 Å². The van der Waals surface area contributed by atoms with E-state index in [0.717, 1.165) is 6.07 Å². The number of benzene rings is 1. The number of nitrogens with one attached hydrogen (secondary N) is 1. The molecule has 1 aromatic carbocycles. The SMILES string of the molecule is N#CCC(=O)Nc1ccc([N+](=O)[O-])c(C(F)(F)F)c1. The molecule has 0 aliphatic rings. The third kappa shape index (κ3) is 3.67. The molecular weight excluding hydrogens is 267 g/mol. The molecule has 19 heavy (non-hydrogen) atoms. The molecule has 1 N–H and O–H groups in total. The normalized spacial score (nSPS) is 10.6. The molecule has 0 aromatic heterocycles. The number of nitro groups is 1. The minimum atomic E-state index is -4.92. The average molecular weight is 273 g/mol. The van der Waals surface area contributed by atoms with E-state index in [0.29, 0.717) is 12.1 Å². The molecule has 0 bridgehead atoms. The topological polar surface area (TPSA) is 96.0 Å². The van der Waals surface area contributed by atoms with Gasteiger partial charge in [0.15, 0.2) is 0 Å². The van der Waals surface area contributed by atoms with Gasteiger partial charge in [0.25, 0.3) is 5.69 Å². The van der Waals surface area contributed by atoms with Gasteiger partial charge in [-0.3, -0.25) is 14.9 Å². The fourth-order valence-corrected chi connectivity index (χ4v) is 1.28. The number of alkyl halides is 3. The number of carbonyl (C=O) groups is 1. The van der Waals surface area contributed by atoms with Crippen molar-refractivity contribution in [3.05, 3.63) is 33.9 Å². The molecule has 1 rings (SSSR count). The Kier molecular flexibility index (Phi) is 4.06. The summed E-state index contributed by atoms with van der Waals surface area (Å²) in [5, 5.41) is 20.8. The second-order valence-corrected chi connectivity index (χ2v) is 3.37. The molecule has 0 saturated heterocycles. The third-order valence-electron chi connectivity index (χ3n) is 2.02. The maximum Gasteiger partial charge on any atom is 0.423 e. The first-order valence-electron chi connectivity index (χ1n) is 4.78. The summed E-state index contributed by atoms with van der Waals surface area (Å²) in [6.45, 7) is 0. The largest absolute Gasteiger partial charge is 0.423 e. The van der Waals surface area contributed by atoms with Crippen LogP contribution in [0.2, 0.25) is 0 Å². The van der Waals surface area contributed by atoms with Crippen LogP contribution in [-0.4, -0.2) is 10.8 Å². The number of rotatable bonds is 3. The predicted molar refractivity (Wildman–Crippen MR) is 57.0 cm³/mol. The van der Waals surface area contributed by atoms with Crippen LogP contribution in [0, 0.1) is 21.4 Å². The highest BCUT2D eigenvalue weighted by molar-refractivity contribution is 5.92. The Morgan fingerprint density at radius 3 is 2.58 bits per heavy atom. The Morgan fingerprint density at radius 2 is 2.11 bits per heavy atom. The molecule has 100 valence electrons. The number of nitriles is 1. The second kappa shape index (κ2) is 5.34. The first kappa shape index (κ1) is 14.4. The fraction of sp³-hybridized carbons (Fsp3) is 0.200. The summed E-state index contributed by atoms with van der Waals surface area (Å²) in [6, 6.07) is 3.58. The molecule has 0 saturated carbocycles. The maximum absolute atomic E-state index is 12.6. The zero-order chi connectivity index (χ0) is 14.6. The minimum absolute atomic E-state index is 0.266. The Labute approximate surface area is 104 Å². The third-order valence-corrected chi connectivity index (χ3v) is 2.02. The Balaban J connectivity index is 3.16. The van der Waals surface area contributed by atoms with E-state index < -0.39 is 34.7 Å². The Morgan fingerprint density at radius 1 is 1.47 bits per heavy atom. The van der Waals surface area contributed by atoms with Crippen molar-refractivity contribution >= 4 is 17.3 Å². The molecule has 9 heteroatoms. The van der Waals surface area contributed by atoms with Crippen LogP contribution in [0.5, 0.6) is 0 Å². The van der Waals surface area contributed by atoms with Crippen LogP contribution in [0.25, 0.3) is 0 Å². The van der Waals surface area contributed by atoms with Crippen molar-refractivity contribution in [3.8, 4) is 6.07 Å². The van der Waals surface area contributed by atoms with Crippen LogP contribution in [0.4, 0.5) is 24.5 Å². The summed E-state index contributed by atoms with van der Waals surface area (Å²) in [4.78, 5) is 20.4. The van der Waals surface area contributed by atoms with Gasteiger partial charge >= 0.3 is 6.18 Å². The van der Waals surface area contributed by atoms with Gasteiger partial charge in [-0.1, -0.05) is 0 Å². The van der Waals surface area contributed by atoms with Crippen molar-refractivity contribution in [1.29, 1.82) is 5.26 Å². The van der Waals surface area contributed by atoms with Crippen LogP contribution in [0.15, 0.2) is 18.2 Å². The smallest absolute Gasteiger partial charge is 0.325 e. The molecule has 0 spiro atoms. The zero-order valence-corrected chi connectivity index (χ0v) is 9.19. The van der Waals surface area contributed by atoms with Gasteiger partial charge in [0.1, 0.15) is 12.0 Å². The number of hydrogen-bond donors (Lipinski definition) is 1. The van der Waals surface area contributed by atoms with E-state index in [1.807, 2.05) is 5.32 Å². The molecular formula is C10H6F3N3O3. The van der Waals surface area contributed by atoms with Crippen molar-refractivity contribution in [2.24, 2.45) is 0 Å². The van der Waals surface area contributed by atoms with Gasteiger partial charge in [0.2, 0.25) is 5.91 Å². The van der Waals surface area contributed by atoms with E-state index in [1.165, 1.54) is 6.07 Å². The number of hydrogen-bond acceptors (Lipinski definition) is 4. The number of halogens is 3. The van der Waals surface area contributed by atoms with Crippen LogP contribution >= 0.6 is 0 Å². The van der Waals surface area contributed by atoms with Crippen LogP contribution < -0.4 is 5.32 Å². The summed E-state index contributed by atoms with van der Waals surface area (Å²) < 4.78 is 37.8. The van der Waals surface area contributed by atoms with Gasteiger partial charge in [0, 0.05) is 11.8 Å². The summed E-state index contributed by atoms with van der Waals surface area (Å²) in [7, 11) is 0. The lowest BCUT2D eigenvalue weighted by atomic mass is 10.1. The summed E-state index contributed by atoms with van der Waals surface area (Å²) in [5.41, 5.74) is -2.84. The van der Waals surface area contributed by atoms with E-state index in [1.54, 1.807) is 0 Å². The average Bonchev–Trinajstić information content (AvgIpc) is 2.27. The predicted octanol–water partition coefficient (Wildman–Crippen LogP) is 2.47. The van der Waals surface area contributed by atoms with E-state index in [2.05, 4.69) is 0 Å². The number of nitro benzene ring substituents is 1. The van der Waals surface area contributed by atoms with Crippen LogP contribution in [0.3, 0.4) is 0 Å². The first-order valence-corrected chi connectivity index (χ1v) is 4.78. The van der Waals surface area contributed by atoms with E-state index in [-0.39, 0.29) is 5.69 Å². The maximum atomic E-state index is 12.6. The van der Waals surface area contributed by atoms with Gasteiger partial charge in [-0.2, -0.15) is 18.4 Å². The fourth-order valence-electron chi connectivity index (χ4n) is 1.28. The van der Waals surface area contributed by atoms with Gasteiger partial charge < -0.3 is 5.32 Å². The zero-order valence-electron chi connectivity index (χ0n) is 9.19. The van der Waals surface area contributed by atoms with Gasteiger partial charge in [-0.15, -0.1) is 0 Å². The highest BCUT2D eigenvalue weighted by atomic mass is 19.4. The monoisotopic (exact) mass is 273 g/mol. The van der Waals surface area contributed by atoms with Gasteiger partial charge in [-0.25, -0.2) is 0 Å². The Bertz CT molecular complexity index is 563. The molecule has 0 fully saturated rings. The number of amides is 1. The lowest BCUT2D eigenvalue weighted by molar-refractivity contribution is -0.388. The molecule has 0 aliphatic carbocycles. The van der Waals surface area contributed by atoms with Crippen molar-refractivity contribution in [2.75, 3.05) is 5.32 Å². The van der Waals surface area contributed by atoms with Crippen molar-refractivity contribution in [3.63, 3.8) is 0 Å². The lowest BCUT2D eigenvalue weighted by Gasteiger charge is -2.09. The molecule has 6 nitrogen and oxygen atoms in total. The summed E-state index contributed by atoms with van der Waals surface area (Å²) in [6.07, 6.45) is -5.45. The Hall–Kier alpha value is -2.63. The minimum Gasteiger partial charge on any atom is -0.325 e. The standard InChI is InChI=1S/C10H6F3N3O3/c11-10(12,13)7-5-6(15-9(17)3-4-14)1-2-8(7)16(18)19/h1-2,5H,3H2,(H,15,17). The number of anilines is 1. The number of carbonyl (C=O) groups excluding carboxylic acids is 1. The molecule has 0 unspecified atom stereocenters. The molecule has 1 aromatic rings. The lowest BCUT2D eigenvalue weighted by Crippen LogP contribution is -2.13.